The highest BCUT2D eigenvalue weighted by Gasteiger charge is 2.24. The van der Waals surface area contributed by atoms with Crippen molar-refractivity contribution in [1.82, 2.24) is 15.2 Å². The van der Waals surface area contributed by atoms with Crippen LogP contribution in [0.5, 0.6) is 0 Å². The molecule has 2 aromatic rings. The van der Waals surface area contributed by atoms with Gasteiger partial charge in [0.1, 0.15) is 0 Å². The van der Waals surface area contributed by atoms with Crippen molar-refractivity contribution >= 4 is 17.2 Å². The lowest BCUT2D eigenvalue weighted by molar-refractivity contribution is 0.0169. The second-order valence-corrected chi connectivity index (χ2v) is 6.11. The van der Waals surface area contributed by atoms with Gasteiger partial charge in [-0.05, 0) is 23.6 Å². The van der Waals surface area contributed by atoms with E-state index in [2.05, 4.69) is 32.7 Å². The minimum Gasteiger partial charge on any atom is -0.379 e. The van der Waals surface area contributed by atoms with Crippen LogP contribution < -0.4 is 5.32 Å². The number of rotatable bonds is 5. The molecule has 116 valence electrons. The molecule has 0 bridgehead atoms. The minimum atomic E-state index is -0.0806. The van der Waals surface area contributed by atoms with Gasteiger partial charge in [-0.1, -0.05) is 6.07 Å². The van der Waals surface area contributed by atoms with E-state index < -0.39 is 0 Å². The number of carbonyl (C=O) groups is 1. The first-order chi connectivity index (χ1) is 10.8. The van der Waals surface area contributed by atoms with Gasteiger partial charge in [0, 0.05) is 36.9 Å². The van der Waals surface area contributed by atoms with Gasteiger partial charge in [0.25, 0.3) is 5.91 Å². The van der Waals surface area contributed by atoms with Gasteiger partial charge in [0.05, 0.1) is 24.8 Å². The van der Waals surface area contributed by atoms with Crippen LogP contribution in [0.25, 0.3) is 0 Å². The lowest BCUT2D eigenvalue weighted by atomic mass is 10.1. The number of thiophene rings is 1. The van der Waals surface area contributed by atoms with E-state index in [1.807, 2.05) is 0 Å². The number of hydrogen-bond donors (Lipinski definition) is 1. The summed E-state index contributed by atoms with van der Waals surface area (Å²) >= 11 is 1.73. The average molecular weight is 317 g/mol. The van der Waals surface area contributed by atoms with Gasteiger partial charge in [-0.25, -0.2) is 0 Å². The fourth-order valence-electron chi connectivity index (χ4n) is 2.57. The lowest BCUT2D eigenvalue weighted by Gasteiger charge is -2.34. The molecule has 3 heterocycles. The molecule has 1 N–H and O–H groups in total. The summed E-state index contributed by atoms with van der Waals surface area (Å²) in [4.78, 5) is 19.8. The van der Waals surface area contributed by atoms with Crippen LogP contribution in [-0.4, -0.2) is 48.6 Å². The predicted molar refractivity (Wildman–Crippen MR) is 86.0 cm³/mol. The van der Waals surface area contributed by atoms with Gasteiger partial charge in [-0.15, -0.1) is 11.3 Å². The number of hydrogen-bond acceptors (Lipinski definition) is 5. The molecule has 22 heavy (non-hydrogen) atoms. The molecule has 1 aliphatic rings. The third-order valence-electron chi connectivity index (χ3n) is 3.74. The number of ether oxygens (including phenoxy) is 1. The molecule has 2 aromatic heterocycles. The van der Waals surface area contributed by atoms with Crippen molar-refractivity contribution in [2.24, 2.45) is 0 Å². The summed E-state index contributed by atoms with van der Waals surface area (Å²) in [5, 5.41) is 5.10. The monoisotopic (exact) mass is 317 g/mol. The second kappa shape index (κ2) is 7.49. The van der Waals surface area contributed by atoms with Crippen molar-refractivity contribution in [3.05, 3.63) is 52.5 Å². The zero-order valence-electron chi connectivity index (χ0n) is 12.3. The molecule has 1 saturated heterocycles. The van der Waals surface area contributed by atoms with E-state index >= 15 is 0 Å². The van der Waals surface area contributed by atoms with E-state index in [1.54, 1.807) is 35.9 Å². The highest BCUT2D eigenvalue weighted by Crippen LogP contribution is 2.25. The number of aromatic nitrogens is 1. The van der Waals surface area contributed by atoms with Gasteiger partial charge in [0.2, 0.25) is 0 Å². The van der Waals surface area contributed by atoms with E-state index in [9.17, 15) is 4.79 Å². The molecular formula is C16H19N3O2S. The van der Waals surface area contributed by atoms with Gasteiger partial charge in [-0.3, -0.25) is 14.7 Å². The summed E-state index contributed by atoms with van der Waals surface area (Å²) in [6.07, 6.45) is 3.25. The molecule has 0 spiro atoms. The number of amides is 1. The van der Waals surface area contributed by atoms with Gasteiger partial charge in [-0.2, -0.15) is 0 Å². The van der Waals surface area contributed by atoms with Crippen LogP contribution >= 0.6 is 11.3 Å². The number of carbonyl (C=O) groups excluding carboxylic acids is 1. The van der Waals surface area contributed by atoms with E-state index in [0.29, 0.717) is 12.1 Å². The van der Waals surface area contributed by atoms with Crippen LogP contribution in [0.3, 0.4) is 0 Å². The number of nitrogens with zero attached hydrogens (tertiary/aromatic N) is 2. The fourth-order valence-corrected chi connectivity index (χ4v) is 3.43. The molecule has 1 amide bonds. The topological polar surface area (TPSA) is 54.5 Å². The summed E-state index contributed by atoms with van der Waals surface area (Å²) in [5.74, 6) is -0.0806. The highest BCUT2D eigenvalue weighted by molar-refractivity contribution is 7.10. The molecule has 0 aliphatic carbocycles. The number of morpholine rings is 1. The van der Waals surface area contributed by atoms with Crippen LogP contribution in [0.4, 0.5) is 0 Å². The first-order valence-corrected chi connectivity index (χ1v) is 8.26. The Hall–Kier alpha value is -1.76. The van der Waals surface area contributed by atoms with Crippen LogP contribution in [0.15, 0.2) is 42.0 Å². The number of pyridine rings is 1. The third kappa shape index (κ3) is 3.71. The lowest BCUT2D eigenvalue weighted by Crippen LogP contribution is -2.43. The van der Waals surface area contributed by atoms with Crippen molar-refractivity contribution in [2.75, 3.05) is 32.8 Å². The Morgan fingerprint density at radius 3 is 2.91 bits per heavy atom. The highest BCUT2D eigenvalue weighted by atomic mass is 32.1. The average Bonchev–Trinajstić information content (AvgIpc) is 3.11. The molecule has 5 nitrogen and oxygen atoms in total. The van der Waals surface area contributed by atoms with E-state index in [-0.39, 0.29) is 11.9 Å². The molecule has 0 saturated carbocycles. The summed E-state index contributed by atoms with van der Waals surface area (Å²) < 4.78 is 5.43. The molecule has 3 rings (SSSR count). The first kappa shape index (κ1) is 15.1. The predicted octanol–water partition coefficient (Wildman–Crippen LogP) is 1.95. The smallest absolute Gasteiger partial charge is 0.252 e. The van der Waals surface area contributed by atoms with Crippen LogP contribution in [0, 0.1) is 0 Å². The summed E-state index contributed by atoms with van der Waals surface area (Å²) in [6, 6.07) is 7.92. The van der Waals surface area contributed by atoms with Crippen molar-refractivity contribution < 1.29 is 9.53 Å². The maximum atomic E-state index is 12.2. The normalized spacial score (nSPS) is 17.1. The minimum absolute atomic E-state index is 0.0806. The van der Waals surface area contributed by atoms with E-state index in [1.165, 1.54) is 4.88 Å². The standard InChI is InChI=1S/C16H19N3O2S/c20-16(13-3-1-5-17-11-13)18-12-14(15-4-2-10-22-15)19-6-8-21-9-7-19/h1-5,10-11,14H,6-9,12H2,(H,18,20)/t14-/m0/s1. The van der Waals surface area contributed by atoms with Crippen LogP contribution in [0.2, 0.25) is 0 Å². The molecule has 6 heteroatoms. The fraction of sp³-hybridized carbons (Fsp3) is 0.375. The molecule has 1 fully saturated rings. The van der Waals surface area contributed by atoms with E-state index in [0.717, 1.165) is 26.3 Å². The Kier molecular flexibility index (Phi) is 5.15. The summed E-state index contributed by atoms with van der Waals surface area (Å²) in [7, 11) is 0. The van der Waals surface area contributed by atoms with Crippen LogP contribution in [-0.2, 0) is 4.74 Å². The van der Waals surface area contributed by atoms with E-state index in [4.69, 9.17) is 4.74 Å². The Morgan fingerprint density at radius 1 is 1.36 bits per heavy atom. The quantitative estimate of drug-likeness (QED) is 0.916. The summed E-state index contributed by atoms with van der Waals surface area (Å²) in [5.41, 5.74) is 0.592. The molecule has 1 atom stereocenters. The molecule has 0 aromatic carbocycles. The van der Waals surface area contributed by atoms with Crippen molar-refractivity contribution in [3.63, 3.8) is 0 Å². The van der Waals surface area contributed by atoms with Gasteiger partial charge in [0.15, 0.2) is 0 Å². The third-order valence-corrected chi connectivity index (χ3v) is 4.71. The van der Waals surface area contributed by atoms with Crippen LogP contribution in [0.1, 0.15) is 21.3 Å². The largest absolute Gasteiger partial charge is 0.379 e. The summed E-state index contributed by atoms with van der Waals surface area (Å²) in [6.45, 7) is 3.88. The van der Waals surface area contributed by atoms with Crippen molar-refractivity contribution in [1.29, 1.82) is 0 Å². The molecule has 1 aliphatic heterocycles. The SMILES string of the molecule is O=C(NC[C@@H](c1cccs1)N1CCOCC1)c1cccnc1. The molecular weight excluding hydrogens is 298 g/mol. The van der Waals surface area contributed by atoms with Gasteiger partial charge >= 0.3 is 0 Å². The second-order valence-electron chi connectivity index (χ2n) is 5.13. The zero-order valence-corrected chi connectivity index (χ0v) is 13.1. The Bertz CT molecular complexity index is 583. The van der Waals surface area contributed by atoms with Gasteiger partial charge < -0.3 is 10.1 Å². The first-order valence-electron chi connectivity index (χ1n) is 7.38. The maximum absolute atomic E-state index is 12.2. The Labute approximate surface area is 133 Å². The number of nitrogens with one attached hydrogen (secondary N) is 1. The maximum Gasteiger partial charge on any atom is 0.252 e. The Balaban J connectivity index is 1.66. The van der Waals surface area contributed by atoms with Crippen molar-refractivity contribution in [3.8, 4) is 0 Å². The Morgan fingerprint density at radius 2 is 2.23 bits per heavy atom. The molecule has 0 radical (unpaired) electrons. The van der Waals surface area contributed by atoms with Crippen molar-refractivity contribution in [2.45, 2.75) is 6.04 Å². The molecule has 0 unspecified atom stereocenters. The zero-order chi connectivity index (χ0) is 15.2.